The van der Waals surface area contributed by atoms with Crippen LogP contribution in [0.25, 0.3) is 0 Å². The SMILES string of the molecule is COCCC1(NC(=S)Nc2ccc(OC3CCCC3)cc2)CCCC1. The molecule has 0 saturated heterocycles. The van der Waals surface area contributed by atoms with Gasteiger partial charge in [-0.2, -0.15) is 0 Å². The summed E-state index contributed by atoms with van der Waals surface area (Å²) in [6, 6.07) is 8.13. The van der Waals surface area contributed by atoms with Crippen molar-refractivity contribution in [2.45, 2.75) is 69.4 Å². The molecule has 0 bridgehead atoms. The molecule has 4 nitrogen and oxygen atoms in total. The molecule has 2 fully saturated rings. The molecule has 0 amide bonds. The minimum absolute atomic E-state index is 0.0889. The summed E-state index contributed by atoms with van der Waals surface area (Å²) in [4.78, 5) is 0. The van der Waals surface area contributed by atoms with Crippen LogP contribution < -0.4 is 15.4 Å². The van der Waals surface area contributed by atoms with Crippen LogP contribution in [-0.2, 0) is 4.74 Å². The van der Waals surface area contributed by atoms with E-state index in [1.165, 1.54) is 38.5 Å². The molecule has 0 aliphatic heterocycles. The third-order valence-electron chi connectivity index (χ3n) is 5.44. The smallest absolute Gasteiger partial charge is 0.171 e. The van der Waals surface area contributed by atoms with Gasteiger partial charge in [0.15, 0.2) is 5.11 Å². The number of hydrogen-bond donors (Lipinski definition) is 2. The highest BCUT2D eigenvalue weighted by Gasteiger charge is 2.33. The Morgan fingerprint density at radius 1 is 1.12 bits per heavy atom. The van der Waals surface area contributed by atoms with E-state index in [0.29, 0.717) is 11.2 Å². The average molecular weight is 363 g/mol. The van der Waals surface area contributed by atoms with Crippen molar-refractivity contribution in [3.8, 4) is 5.75 Å². The van der Waals surface area contributed by atoms with Crippen LogP contribution in [0.2, 0.25) is 0 Å². The number of thiocarbonyl (C=S) groups is 1. The first-order valence-electron chi connectivity index (χ1n) is 9.54. The van der Waals surface area contributed by atoms with Crippen molar-refractivity contribution in [3.05, 3.63) is 24.3 Å². The monoisotopic (exact) mass is 362 g/mol. The van der Waals surface area contributed by atoms with Gasteiger partial charge in [0, 0.05) is 24.9 Å². The van der Waals surface area contributed by atoms with Gasteiger partial charge in [0.05, 0.1) is 6.10 Å². The molecule has 2 aliphatic rings. The Balaban J connectivity index is 1.51. The van der Waals surface area contributed by atoms with Crippen LogP contribution in [0.1, 0.15) is 57.8 Å². The third-order valence-corrected chi connectivity index (χ3v) is 5.65. The van der Waals surface area contributed by atoms with E-state index in [1.807, 2.05) is 24.3 Å². The van der Waals surface area contributed by atoms with E-state index in [-0.39, 0.29) is 5.54 Å². The summed E-state index contributed by atoms with van der Waals surface area (Å²) >= 11 is 5.55. The summed E-state index contributed by atoms with van der Waals surface area (Å²) < 4.78 is 11.3. The first kappa shape index (κ1) is 18.5. The normalized spacial score (nSPS) is 19.7. The maximum atomic E-state index is 6.01. The highest BCUT2D eigenvalue weighted by atomic mass is 32.1. The highest BCUT2D eigenvalue weighted by molar-refractivity contribution is 7.80. The second-order valence-electron chi connectivity index (χ2n) is 7.36. The van der Waals surface area contributed by atoms with E-state index >= 15 is 0 Å². The van der Waals surface area contributed by atoms with E-state index < -0.39 is 0 Å². The molecule has 1 aromatic rings. The van der Waals surface area contributed by atoms with E-state index in [4.69, 9.17) is 21.7 Å². The number of anilines is 1. The lowest BCUT2D eigenvalue weighted by molar-refractivity contribution is 0.163. The van der Waals surface area contributed by atoms with Gasteiger partial charge in [0.1, 0.15) is 5.75 Å². The molecular formula is C20H30N2O2S. The lowest BCUT2D eigenvalue weighted by Gasteiger charge is -2.31. The summed E-state index contributed by atoms with van der Waals surface area (Å²) in [6.07, 6.45) is 11.2. The minimum atomic E-state index is 0.0889. The highest BCUT2D eigenvalue weighted by Crippen LogP contribution is 2.33. The molecule has 2 aliphatic carbocycles. The van der Waals surface area contributed by atoms with E-state index in [9.17, 15) is 0 Å². The molecule has 0 aromatic heterocycles. The molecule has 0 atom stereocenters. The van der Waals surface area contributed by atoms with E-state index in [1.54, 1.807) is 7.11 Å². The van der Waals surface area contributed by atoms with Crippen molar-refractivity contribution in [1.29, 1.82) is 0 Å². The fraction of sp³-hybridized carbons (Fsp3) is 0.650. The number of rotatable bonds is 7. The Labute approximate surface area is 156 Å². The van der Waals surface area contributed by atoms with Crippen molar-refractivity contribution in [2.24, 2.45) is 0 Å². The van der Waals surface area contributed by atoms with Crippen LogP contribution in [0.3, 0.4) is 0 Å². The van der Waals surface area contributed by atoms with Crippen molar-refractivity contribution in [2.75, 3.05) is 19.0 Å². The Kier molecular flexibility index (Phi) is 6.54. The molecule has 25 heavy (non-hydrogen) atoms. The van der Waals surface area contributed by atoms with Crippen molar-refractivity contribution < 1.29 is 9.47 Å². The van der Waals surface area contributed by atoms with Gasteiger partial charge in [-0.1, -0.05) is 12.8 Å². The summed E-state index contributed by atoms with van der Waals surface area (Å²) in [5.74, 6) is 0.948. The molecule has 2 N–H and O–H groups in total. The van der Waals surface area contributed by atoms with Crippen LogP contribution >= 0.6 is 12.2 Å². The molecule has 5 heteroatoms. The molecule has 0 radical (unpaired) electrons. The maximum Gasteiger partial charge on any atom is 0.171 e. The molecule has 0 unspecified atom stereocenters. The predicted octanol–water partition coefficient (Wildman–Crippen LogP) is 4.64. The van der Waals surface area contributed by atoms with Gasteiger partial charge in [0.25, 0.3) is 0 Å². The summed E-state index contributed by atoms with van der Waals surface area (Å²) in [7, 11) is 1.76. The van der Waals surface area contributed by atoms with Crippen LogP contribution in [-0.4, -0.2) is 30.5 Å². The number of ether oxygens (including phenoxy) is 2. The van der Waals surface area contributed by atoms with Gasteiger partial charge in [-0.3, -0.25) is 0 Å². The van der Waals surface area contributed by atoms with Gasteiger partial charge in [-0.25, -0.2) is 0 Å². The topological polar surface area (TPSA) is 42.5 Å². The molecular weight excluding hydrogens is 332 g/mol. The minimum Gasteiger partial charge on any atom is -0.490 e. The number of methoxy groups -OCH3 is 1. The first-order valence-corrected chi connectivity index (χ1v) is 9.95. The van der Waals surface area contributed by atoms with Gasteiger partial charge < -0.3 is 20.1 Å². The Morgan fingerprint density at radius 2 is 1.80 bits per heavy atom. The zero-order valence-corrected chi connectivity index (χ0v) is 16.0. The Morgan fingerprint density at radius 3 is 2.44 bits per heavy atom. The lowest BCUT2D eigenvalue weighted by Crippen LogP contribution is -2.48. The van der Waals surface area contributed by atoms with Gasteiger partial charge in [-0.15, -0.1) is 0 Å². The van der Waals surface area contributed by atoms with Crippen LogP contribution in [0.15, 0.2) is 24.3 Å². The van der Waals surface area contributed by atoms with Crippen molar-refractivity contribution in [1.82, 2.24) is 5.32 Å². The zero-order valence-electron chi connectivity index (χ0n) is 15.2. The second-order valence-corrected chi connectivity index (χ2v) is 7.77. The van der Waals surface area contributed by atoms with Crippen LogP contribution in [0.5, 0.6) is 5.75 Å². The number of benzene rings is 1. The van der Waals surface area contributed by atoms with E-state index in [2.05, 4.69) is 10.6 Å². The largest absolute Gasteiger partial charge is 0.490 e. The lowest BCUT2D eigenvalue weighted by atomic mass is 9.94. The summed E-state index contributed by atoms with van der Waals surface area (Å²) in [5, 5.41) is 7.57. The number of hydrogen-bond acceptors (Lipinski definition) is 3. The fourth-order valence-electron chi connectivity index (χ4n) is 4.01. The van der Waals surface area contributed by atoms with Crippen LogP contribution in [0.4, 0.5) is 5.69 Å². The Hall–Kier alpha value is -1.33. The fourth-order valence-corrected chi connectivity index (χ4v) is 4.34. The maximum absolute atomic E-state index is 6.01. The quantitative estimate of drug-likeness (QED) is 0.692. The van der Waals surface area contributed by atoms with E-state index in [0.717, 1.165) is 37.3 Å². The zero-order chi connectivity index (χ0) is 17.5. The first-order chi connectivity index (χ1) is 12.2. The average Bonchev–Trinajstić information content (AvgIpc) is 3.27. The molecule has 1 aromatic carbocycles. The standard InChI is InChI=1S/C20H30N2O2S/c1-23-15-14-20(12-4-5-13-20)22-19(25)21-16-8-10-18(11-9-16)24-17-6-2-3-7-17/h8-11,17H,2-7,12-15H2,1H3,(H2,21,22,25). The molecule has 0 heterocycles. The second kappa shape index (κ2) is 8.86. The molecule has 3 rings (SSSR count). The predicted molar refractivity (Wildman–Crippen MR) is 106 cm³/mol. The number of nitrogens with one attached hydrogen (secondary N) is 2. The molecule has 0 spiro atoms. The Bertz CT molecular complexity index is 549. The summed E-state index contributed by atoms with van der Waals surface area (Å²) in [5.41, 5.74) is 1.09. The third kappa shape index (κ3) is 5.32. The molecule has 138 valence electrons. The van der Waals surface area contributed by atoms with Gasteiger partial charge in [0.2, 0.25) is 0 Å². The van der Waals surface area contributed by atoms with Crippen LogP contribution in [0, 0.1) is 0 Å². The molecule has 2 saturated carbocycles. The summed E-state index contributed by atoms with van der Waals surface area (Å²) in [6.45, 7) is 0.767. The van der Waals surface area contributed by atoms with Gasteiger partial charge >= 0.3 is 0 Å². The van der Waals surface area contributed by atoms with Gasteiger partial charge in [-0.05, 0) is 81.4 Å². The van der Waals surface area contributed by atoms with Crippen molar-refractivity contribution in [3.63, 3.8) is 0 Å². The van der Waals surface area contributed by atoms with Crippen molar-refractivity contribution >= 4 is 23.0 Å².